The lowest BCUT2D eigenvalue weighted by Gasteiger charge is -2.28. The fourth-order valence-corrected chi connectivity index (χ4v) is 2.75. The molecule has 0 fully saturated rings. The van der Waals surface area contributed by atoms with E-state index in [9.17, 15) is 18.0 Å². The molecular weight excluding hydrogens is 500 g/mol. The first-order chi connectivity index (χ1) is 13.3. The highest BCUT2D eigenvalue weighted by Crippen LogP contribution is 2.31. The number of likely N-dealkylation sites (N-methyl/N-ethyl adjacent to an activating group) is 1. The predicted molar refractivity (Wildman–Crippen MR) is 117 cm³/mol. The molecule has 0 saturated heterocycles. The highest BCUT2D eigenvalue weighted by Gasteiger charge is 2.26. The van der Waals surface area contributed by atoms with Gasteiger partial charge in [-0.15, -0.1) is 24.0 Å². The monoisotopic (exact) mass is 528 g/mol. The molecule has 0 saturated carbocycles. The molecular formula is C19H28F3IN4O2. The number of unbranched alkanes of at least 4 members (excludes halogenated alkanes) is 1. The maximum absolute atomic E-state index is 12.3. The van der Waals surface area contributed by atoms with Crippen LogP contribution in [0.5, 0.6) is 5.75 Å². The number of para-hydroxylation sites is 1. The van der Waals surface area contributed by atoms with Crippen LogP contribution in [-0.2, 0) is 4.79 Å². The summed E-state index contributed by atoms with van der Waals surface area (Å²) in [5.41, 5.74) is 0.985. The van der Waals surface area contributed by atoms with Crippen molar-refractivity contribution in [2.75, 3.05) is 33.8 Å². The maximum Gasteiger partial charge on any atom is 0.389 e. The number of alkyl halides is 3. The summed E-state index contributed by atoms with van der Waals surface area (Å²) in [7, 11) is 3.29. The molecule has 10 heteroatoms. The van der Waals surface area contributed by atoms with E-state index in [2.05, 4.69) is 15.6 Å². The Balaban J connectivity index is 0.00000420. The number of guanidine groups is 1. The molecule has 1 aliphatic heterocycles. The van der Waals surface area contributed by atoms with Gasteiger partial charge in [0.2, 0.25) is 5.91 Å². The molecule has 0 aliphatic carbocycles. The molecule has 0 bridgehead atoms. The van der Waals surface area contributed by atoms with Crippen molar-refractivity contribution in [2.45, 2.75) is 37.9 Å². The third kappa shape index (κ3) is 9.09. The van der Waals surface area contributed by atoms with Gasteiger partial charge >= 0.3 is 6.18 Å². The number of rotatable bonds is 7. The van der Waals surface area contributed by atoms with Gasteiger partial charge in [-0.1, -0.05) is 18.2 Å². The number of aliphatic imine (C=N–C) groups is 1. The summed E-state index contributed by atoms with van der Waals surface area (Å²) < 4.78 is 42.4. The van der Waals surface area contributed by atoms with Gasteiger partial charge in [-0.3, -0.25) is 4.79 Å². The summed E-state index contributed by atoms with van der Waals surface area (Å²) in [6.07, 6.45) is -3.83. The Hall–Kier alpha value is -1.72. The molecule has 1 unspecified atom stereocenters. The van der Waals surface area contributed by atoms with Crippen molar-refractivity contribution in [3.63, 3.8) is 0 Å². The lowest BCUT2D eigenvalue weighted by molar-refractivity contribution is -0.135. The van der Waals surface area contributed by atoms with Crippen LogP contribution in [0.2, 0.25) is 0 Å². The lowest BCUT2D eigenvalue weighted by Crippen LogP contribution is -2.42. The standard InChI is InChI=1S/C19H27F3N4O2.HI/c1-26(2)17(27)13-24-18(23-11-6-5-10-19(20,21)22)25-15-9-12-28-16-8-4-3-7-14(15)16;/h3-4,7-8,15H,5-6,9-13H2,1-2H3,(H2,23,24,25);1H. The lowest BCUT2D eigenvalue weighted by atomic mass is 10.0. The molecule has 1 atom stereocenters. The Morgan fingerprint density at radius 1 is 1.28 bits per heavy atom. The van der Waals surface area contributed by atoms with Crippen molar-refractivity contribution in [2.24, 2.45) is 4.99 Å². The van der Waals surface area contributed by atoms with Gasteiger partial charge in [0.1, 0.15) is 12.3 Å². The number of carbonyl (C=O) groups is 1. The maximum atomic E-state index is 12.3. The summed E-state index contributed by atoms with van der Waals surface area (Å²) in [6, 6.07) is 7.60. The van der Waals surface area contributed by atoms with E-state index in [4.69, 9.17) is 4.74 Å². The number of ether oxygens (including phenoxy) is 1. The van der Waals surface area contributed by atoms with Gasteiger partial charge in [0.25, 0.3) is 0 Å². The second-order valence-electron chi connectivity index (χ2n) is 6.82. The number of carbonyl (C=O) groups excluding carboxylic acids is 1. The van der Waals surface area contributed by atoms with Crippen LogP contribution >= 0.6 is 24.0 Å². The first-order valence-electron chi connectivity index (χ1n) is 9.30. The number of nitrogens with zero attached hydrogens (tertiary/aromatic N) is 2. The molecule has 164 valence electrons. The highest BCUT2D eigenvalue weighted by atomic mass is 127. The molecule has 6 nitrogen and oxygen atoms in total. The quantitative estimate of drug-likeness (QED) is 0.246. The van der Waals surface area contributed by atoms with Crippen LogP contribution in [0.25, 0.3) is 0 Å². The Labute approximate surface area is 186 Å². The van der Waals surface area contributed by atoms with E-state index in [-0.39, 0.29) is 48.9 Å². The second kappa shape index (κ2) is 12.1. The van der Waals surface area contributed by atoms with E-state index in [1.807, 2.05) is 24.3 Å². The molecule has 0 aromatic heterocycles. The number of amides is 1. The summed E-state index contributed by atoms with van der Waals surface area (Å²) in [5.74, 6) is 1.04. The molecule has 0 spiro atoms. The van der Waals surface area contributed by atoms with E-state index >= 15 is 0 Å². The van der Waals surface area contributed by atoms with Gasteiger partial charge < -0.3 is 20.3 Å². The average Bonchev–Trinajstić information content (AvgIpc) is 2.64. The number of hydrogen-bond donors (Lipinski definition) is 2. The van der Waals surface area contributed by atoms with Crippen molar-refractivity contribution < 1.29 is 22.7 Å². The van der Waals surface area contributed by atoms with Gasteiger partial charge in [-0.05, 0) is 18.9 Å². The first-order valence-corrected chi connectivity index (χ1v) is 9.30. The van der Waals surface area contributed by atoms with Crippen molar-refractivity contribution in [3.05, 3.63) is 29.8 Å². The van der Waals surface area contributed by atoms with Crippen LogP contribution in [-0.4, -0.2) is 56.7 Å². The molecule has 2 N–H and O–H groups in total. The zero-order chi connectivity index (χ0) is 20.6. The van der Waals surface area contributed by atoms with Crippen molar-refractivity contribution in [1.82, 2.24) is 15.5 Å². The van der Waals surface area contributed by atoms with Crippen LogP contribution in [0.4, 0.5) is 13.2 Å². The van der Waals surface area contributed by atoms with Crippen LogP contribution in [0.3, 0.4) is 0 Å². The molecule has 1 heterocycles. The predicted octanol–water partition coefficient (Wildman–Crippen LogP) is 3.48. The number of hydrogen-bond acceptors (Lipinski definition) is 3. The third-order valence-corrected chi connectivity index (χ3v) is 4.32. The number of fused-ring (bicyclic) bond motifs is 1. The zero-order valence-electron chi connectivity index (χ0n) is 16.6. The third-order valence-electron chi connectivity index (χ3n) is 4.32. The zero-order valence-corrected chi connectivity index (χ0v) is 18.9. The molecule has 1 aliphatic rings. The summed E-state index contributed by atoms with van der Waals surface area (Å²) >= 11 is 0. The summed E-state index contributed by atoms with van der Waals surface area (Å²) in [6.45, 7) is 0.836. The van der Waals surface area contributed by atoms with Crippen molar-refractivity contribution in [1.29, 1.82) is 0 Å². The molecule has 29 heavy (non-hydrogen) atoms. The second-order valence-corrected chi connectivity index (χ2v) is 6.82. The Bertz CT molecular complexity index is 684. The average molecular weight is 528 g/mol. The summed E-state index contributed by atoms with van der Waals surface area (Å²) in [4.78, 5) is 17.6. The van der Waals surface area contributed by atoms with Gasteiger partial charge in [0.15, 0.2) is 5.96 Å². The van der Waals surface area contributed by atoms with Gasteiger partial charge in [0, 0.05) is 39.0 Å². The number of halogens is 4. The molecule has 1 aromatic carbocycles. The first kappa shape index (κ1) is 25.3. The Morgan fingerprint density at radius 3 is 2.69 bits per heavy atom. The fraction of sp³-hybridized carbons (Fsp3) is 0.579. The molecule has 0 radical (unpaired) electrons. The Kier molecular flexibility index (Phi) is 10.5. The Morgan fingerprint density at radius 2 is 2.00 bits per heavy atom. The fourth-order valence-electron chi connectivity index (χ4n) is 2.75. The van der Waals surface area contributed by atoms with Crippen LogP contribution in [0.15, 0.2) is 29.3 Å². The van der Waals surface area contributed by atoms with Gasteiger partial charge in [-0.25, -0.2) is 4.99 Å². The van der Waals surface area contributed by atoms with E-state index < -0.39 is 12.6 Å². The van der Waals surface area contributed by atoms with E-state index in [0.717, 1.165) is 11.3 Å². The van der Waals surface area contributed by atoms with Gasteiger partial charge in [0.05, 0.1) is 12.6 Å². The minimum Gasteiger partial charge on any atom is -0.493 e. The van der Waals surface area contributed by atoms with Crippen molar-refractivity contribution >= 4 is 35.8 Å². The van der Waals surface area contributed by atoms with E-state index in [0.29, 0.717) is 32.0 Å². The van der Waals surface area contributed by atoms with Crippen LogP contribution in [0.1, 0.15) is 37.3 Å². The minimum atomic E-state index is -4.14. The molecule has 1 aromatic rings. The normalized spacial score (nSPS) is 16.2. The van der Waals surface area contributed by atoms with Crippen molar-refractivity contribution in [3.8, 4) is 5.75 Å². The topological polar surface area (TPSA) is 66.0 Å². The van der Waals surface area contributed by atoms with Crippen LogP contribution in [0, 0.1) is 0 Å². The van der Waals surface area contributed by atoms with Gasteiger partial charge in [-0.2, -0.15) is 13.2 Å². The molecule has 2 rings (SSSR count). The largest absolute Gasteiger partial charge is 0.493 e. The number of nitrogens with one attached hydrogen (secondary N) is 2. The van der Waals surface area contributed by atoms with E-state index in [1.54, 1.807) is 14.1 Å². The SMILES string of the molecule is CN(C)C(=O)CN=C(NCCCCC(F)(F)F)NC1CCOc2ccccc21.I. The highest BCUT2D eigenvalue weighted by molar-refractivity contribution is 14.0. The van der Waals surface area contributed by atoms with E-state index in [1.165, 1.54) is 4.90 Å². The minimum absolute atomic E-state index is 0. The summed E-state index contributed by atoms with van der Waals surface area (Å²) in [5, 5.41) is 6.32. The number of benzene rings is 1. The molecule has 1 amide bonds. The van der Waals surface area contributed by atoms with Crippen LogP contribution < -0.4 is 15.4 Å². The smallest absolute Gasteiger partial charge is 0.389 e.